The molecule has 1 fully saturated rings. The van der Waals surface area contributed by atoms with Crippen molar-refractivity contribution < 1.29 is 14.2 Å². The van der Waals surface area contributed by atoms with Gasteiger partial charge in [-0.15, -0.1) is 0 Å². The molecule has 114 valence electrons. The molecule has 0 saturated heterocycles. The molecule has 1 N–H and O–H groups in total. The Morgan fingerprint density at radius 2 is 1.79 bits per heavy atom. The van der Waals surface area contributed by atoms with Gasteiger partial charge in [0.15, 0.2) is 0 Å². The van der Waals surface area contributed by atoms with Crippen molar-refractivity contribution in [3.05, 3.63) is 0 Å². The molecule has 0 aromatic heterocycles. The van der Waals surface area contributed by atoms with Gasteiger partial charge in [0.05, 0.1) is 33.0 Å². The quantitative estimate of drug-likeness (QED) is 0.589. The lowest BCUT2D eigenvalue weighted by Crippen LogP contribution is -2.37. The van der Waals surface area contributed by atoms with Crippen molar-refractivity contribution in [3.63, 3.8) is 0 Å². The number of thioether (sulfide) groups is 1. The van der Waals surface area contributed by atoms with Crippen molar-refractivity contribution >= 4 is 11.8 Å². The van der Waals surface area contributed by atoms with Crippen LogP contribution in [0.2, 0.25) is 0 Å². The lowest BCUT2D eigenvalue weighted by atomic mass is 9.95. The molecular weight excluding hydrogens is 262 g/mol. The van der Waals surface area contributed by atoms with Crippen molar-refractivity contribution in [2.45, 2.75) is 37.0 Å². The van der Waals surface area contributed by atoms with Gasteiger partial charge in [0.25, 0.3) is 0 Å². The fourth-order valence-corrected chi connectivity index (χ4v) is 3.17. The molecule has 0 aliphatic heterocycles. The third kappa shape index (κ3) is 8.87. The predicted octanol–water partition coefficient (Wildman–Crippen LogP) is 1.93. The topological polar surface area (TPSA) is 39.7 Å². The van der Waals surface area contributed by atoms with Gasteiger partial charge in [-0.25, -0.2) is 0 Å². The van der Waals surface area contributed by atoms with E-state index in [-0.39, 0.29) is 0 Å². The summed E-state index contributed by atoms with van der Waals surface area (Å²) in [4.78, 5) is 0. The molecule has 2 atom stereocenters. The summed E-state index contributed by atoms with van der Waals surface area (Å²) < 4.78 is 15.7. The summed E-state index contributed by atoms with van der Waals surface area (Å²) in [5.41, 5.74) is 0. The molecule has 0 radical (unpaired) electrons. The summed E-state index contributed by atoms with van der Waals surface area (Å²) in [5.74, 6) is 0. The Labute approximate surface area is 121 Å². The van der Waals surface area contributed by atoms with Crippen LogP contribution in [0.15, 0.2) is 0 Å². The van der Waals surface area contributed by atoms with E-state index in [2.05, 4.69) is 11.6 Å². The SMILES string of the molecule is COCCOCCOCCNC1CCCC(SC)C1. The predicted molar refractivity (Wildman–Crippen MR) is 81.1 cm³/mol. The summed E-state index contributed by atoms with van der Waals surface area (Å²) in [7, 11) is 1.68. The molecular formula is C14H29NO3S. The summed E-state index contributed by atoms with van der Waals surface area (Å²) in [6.07, 6.45) is 7.59. The number of nitrogens with one attached hydrogen (secondary N) is 1. The minimum atomic E-state index is 0.649. The number of hydrogen-bond donors (Lipinski definition) is 1. The molecule has 0 aromatic rings. The van der Waals surface area contributed by atoms with Crippen LogP contribution in [0.1, 0.15) is 25.7 Å². The Balaban J connectivity index is 1.85. The first-order chi connectivity index (χ1) is 9.36. The zero-order chi connectivity index (χ0) is 13.8. The lowest BCUT2D eigenvalue weighted by molar-refractivity contribution is 0.0250. The molecule has 0 spiro atoms. The maximum atomic E-state index is 5.52. The van der Waals surface area contributed by atoms with Crippen molar-refractivity contribution in [1.82, 2.24) is 5.32 Å². The third-order valence-electron chi connectivity index (χ3n) is 3.44. The van der Waals surface area contributed by atoms with Gasteiger partial charge in [0.1, 0.15) is 0 Å². The Kier molecular flexibility index (Phi) is 10.9. The van der Waals surface area contributed by atoms with Crippen LogP contribution < -0.4 is 5.32 Å². The molecule has 2 unspecified atom stereocenters. The zero-order valence-electron chi connectivity index (χ0n) is 12.4. The Hall–Kier alpha value is 0.190. The van der Waals surface area contributed by atoms with Gasteiger partial charge in [0.2, 0.25) is 0 Å². The van der Waals surface area contributed by atoms with Gasteiger partial charge < -0.3 is 19.5 Å². The molecule has 0 heterocycles. The molecule has 0 aromatic carbocycles. The van der Waals surface area contributed by atoms with Crippen LogP contribution in [-0.4, -0.2) is 64.2 Å². The average Bonchev–Trinajstić information content (AvgIpc) is 2.46. The molecule has 1 rings (SSSR count). The first-order valence-electron chi connectivity index (χ1n) is 7.27. The van der Waals surface area contributed by atoms with Crippen LogP contribution >= 0.6 is 11.8 Å². The molecule has 1 aliphatic carbocycles. The van der Waals surface area contributed by atoms with E-state index in [0.717, 1.165) is 18.4 Å². The van der Waals surface area contributed by atoms with E-state index in [0.29, 0.717) is 32.5 Å². The maximum Gasteiger partial charge on any atom is 0.0701 e. The summed E-state index contributed by atoms with van der Waals surface area (Å²) >= 11 is 2.01. The standard InChI is InChI=1S/C14H29NO3S/c1-16-8-9-18-11-10-17-7-6-15-13-4-3-5-14(12-13)19-2/h13-15H,3-12H2,1-2H3. The van der Waals surface area contributed by atoms with Crippen LogP contribution in [-0.2, 0) is 14.2 Å². The van der Waals surface area contributed by atoms with E-state index >= 15 is 0 Å². The van der Waals surface area contributed by atoms with Gasteiger partial charge in [-0.1, -0.05) is 6.42 Å². The van der Waals surface area contributed by atoms with E-state index in [1.807, 2.05) is 11.8 Å². The molecule has 1 saturated carbocycles. The zero-order valence-corrected chi connectivity index (χ0v) is 13.2. The number of hydrogen-bond acceptors (Lipinski definition) is 5. The first kappa shape index (κ1) is 17.2. The van der Waals surface area contributed by atoms with Crippen LogP contribution in [0.3, 0.4) is 0 Å². The van der Waals surface area contributed by atoms with E-state index < -0.39 is 0 Å². The van der Waals surface area contributed by atoms with Crippen molar-refractivity contribution in [1.29, 1.82) is 0 Å². The minimum Gasteiger partial charge on any atom is -0.382 e. The van der Waals surface area contributed by atoms with Crippen LogP contribution in [0.5, 0.6) is 0 Å². The fraction of sp³-hybridized carbons (Fsp3) is 1.00. The highest BCUT2D eigenvalue weighted by molar-refractivity contribution is 7.99. The van der Waals surface area contributed by atoms with Gasteiger partial charge >= 0.3 is 0 Å². The minimum absolute atomic E-state index is 0.649. The normalized spacial score (nSPS) is 23.7. The number of methoxy groups -OCH3 is 1. The van der Waals surface area contributed by atoms with Crippen molar-refractivity contribution in [2.75, 3.05) is 52.9 Å². The molecule has 0 bridgehead atoms. The lowest BCUT2D eigenvalue weighted by Gasteiger charge is -2.28. The van der Waals surface area contributed by atoms with E-state index in [1.54, 1.807) is 7.11 Å². The maximum absolute atomic E-state index is 5.52. The van der Waals surface area contributed by atoms with Gasteiger partial charge in [-0.3, -0.25) is 0 Å². The highest BCUT2D eigenvalue weighted by Crippen LogP contribution is 2.26. The van der Waals surface area contributed by atoms with Crippen molar-refractivity contribution in [2.24, 2.45) is 0 Å². The van der Waals surface area contributed by atoms with Crippen LogP contribution in [0.4, 0.5) is 0 Å². The van der Waals surface area contributed by atoms with Gasteiger partial charge in [-0.05, 0) is 25.5 Å². The molecule has 0 amide bonds. The summed E-state index contributed by atoms with van der Waals surface area (Å²) in [5, 5.41) is 4.45. The number of ether oxygens (including phenoxy) is 3. The summed E-state index contributed by atoms with van der Waals surface area (Å²) in [6, 6.07) is 0.688. The second kappa shape index (κ2) is 12.0. The molecule has 1 aliphatic rings. The average molecular weight is 291 g/mol. The van der Waals surface area contributed by atoms with E-state index in [9.17, 15) is 0 Å². The smallest absolute Gasteiger partial charge is 0.0701 e. The van der Waals surface area contributed by atoms with E-state index in [4.69, 9.17) is 14.2 Å². The van der Waals surface area contributed by atoms with Gasteiger partial charge in [0, 0.05) is 24.9 Å². The molecule has 5 heteroatoms. The van der Waals surface area contributed by atoms with E-state index in [1.165, 1.54) is 25.7 Å². The monoisotopic (exact) mass is 291 g/mol. The highest BCUT2D eigenvalue weighted by Gasteiger charge is 2.20. The Morgan fingerprint density at radius 3 is 2.53 bits per heavy atom. The van der Waals surface area contributed by atoms with Crippen LogP contribution in [0, 0.1) is 0 Å². The largest absolute Gasteiger partial charge is 0.382 e. The molecule has 4 nitrogen and oxygen atoms in total. The highest BCUT2D eigenvalue weighted by atomic mass is 32.2. The van der Waals surface area contributed by atoms with Gasteiger partial charge in [-0.2, -0.15) is 11.8 Å². The van der Waals surface area contributed by atoms with Crippen LogP contribution in [0.25, 0.3) is 0 Å². The number of rotatable bonds is 11. The second-order valence-electron chi connectivity index (χ2n) is 4.89. The molecule has 19 heavy (non-hydrogen) atoms. The summed E-state index contributed by atoms with van der Waals surface area (Å²) in [6.45, 7) is 4.35. The fourth-order valence-electron chi connectivity index (χ4n) is 2.34. The Morgan fingerprint density at radius 1 is 1.05 bits per heavy atom. The Bertz CT molecular complexity index is 207. The second-order valence-corrected chi connectivity index (χ2v) is 6.03. The first-order valence-corrected chi connectivity index (χ1v) is 8.56. The van der Waals surface area contributed by atoms with Crippen molar-refractivity contribution in [3.8, 4) is 0 Å². The third-order valence-corrected chi connectivity index (χ3v) is 4.54.